The Bertz CT molecular complexity index is 1820. The molecular formula is C29H26Cl2N8O4. The van der Waals surface area contributed by atoms with Crippen molar-refractivity contribution in [2.75, 3.05) is 25.6 Å². The fourth-order valence-corrected chi connectivity index (χ4v) is 5.62. The van der Waals surface area contributed by atoms with Crippen LogP contribution in [0.1, 0.15) is 30.3 Å². The lowest BCUT2D eigenvalue weighted by molar-refractivity contribution is 0.134. The molecule has 0 saturated heterocycles. The number of benzene rings is 2. The number of aryl methyl sites for hydroxylation is 1. The van der Waals surface area contributed by atoms with Crippen LogP contribution in [0, 0.1) is 0 Å². The molecule has 43 heavy (non-hydrogen) atoms. The van der Waals surface area contributed by atoms with Crippen LogP contribution in [0.25, 0.3) is 28.2 Å². The van der Waals surface area contributed by atoms with Gasteiger partial charge < -0.3 is 19.0 Å². The number of fused-ring (bicyclic) bond motifs is 1. The maximum absolute atomic E-state index is 13.5. The van der Waals surface area contributed by atoms with Crippen LogP contribution in [0.3, 0.4) is 0 Å². The van der Waals surface area contributed by atoms with E-state index < -0.39 is 6.09 Å². The summed E-state index contributed by atoms with van der Waals surface area (Å²) >= 11 is 12.9. The summed E-state index contributed by atoms with van der Waals surface area (Å²) in [7, 11) is 1.59. The minimum absolute atomic E-state index is 0.172. The molecule has 1 aliphatic rings. The maximum Gasteiger partial charge on any atom is 0.411 e. The minimum atomic E-state index is -0.539. The number of nitrogens with one attached hydrogen (secondary N) is 2. The molecule has 220 valence electrons. The monoisotopic (exact) mass is 620 g/mol. The number of ether oxygens (including phenoxy) is 2. The summed E-state index contributed by atoms with van der Waals surface area (Å²) in [6.45, 7) is 0.785. The van der Waals surface area contributed by atoms with Gasteiger partial charge >= 0.3 is 6.09 Å². The van der Waals surface area contributed by atoms with Crippen LogP contribution in [0.5, 0.6) is 0 Å². The van der Waals surface area contributed by atoms with Gasteiger partial charge in [-0.3, -0.25) is 10.1 Å². The van der Waals surface area contributed by atoms with Gasteiger partial charge in [-0.2, -0.15) is 4.68 Å². The molecule has 0 fully saturated rings. The van der Waals surface area contributed by atoms with Crippen LogP contribution in [0.15, 0.2) is 65.7 Å². The number of imidazole rings is 1. The Morgan fingerprint density at radius 2 is 1.93 bits per heavy atom. The molecule has 2 N–H and O–H groups in total. The van der Waals surface area contributed by atoms with E-state index in [1.54, 1.807) is 42.0 Å². The normalized spacial score (nSPS) is 14.1. The number of hydrogen-bond donors (Lipinski definition) is 2. The number of anilines is 1. The van der Waals surface area contributed by atoms with Crippen molar-refractivity contribution in [2.24, 2.45) is 0 Å². The Morgan fingerprint density at radius 3 is 2.70 bits per heavy atom. The average Bonchev–Trinajstić information content (AvgIpc) is 3.76. The number of hydrogen-bond acceptors (Lipinski definition) is 8. The second-order valence-electron chi connectivity index (χ2n) is 9.89. The second kappa shape index (κ2) is 12.4. The Labute approximate surface area is 255 Å². The third-order valence-corrected chi connectivity index (χ3v) is 7.67. The lowest BCUT2D eigenvalue weighted by atomic mass is 10.0. The standard InChI is InChI=1S/C29H26Cl2N8O4/c1-42-11-2-12-43-29(41)33-20-6-3-17(4-7-20)28-34-26(27(31)35-28)24-10-8-21-13-18(14-25(40)39(21)24)22-15-19(30)5-9-23(22)38-16-32-36-37-38/h3-7,9,13-16,24H,2,8,10-12H2,1H3,(H,33,41)(H,34,35)/t24-/m0/s1. The summed E-state index contributed by atoms with van der Waals surface area (Å²) in [6.07, 6.45) is 2.91. The van der Waals surface area contributed by atoms with Crippen molar-refractivity contribution < 1.29 is 14.3 Å². The number of nitrogens with zero attached hydrogens (tertiary/aromatic N) is 6. The Kier molecular flexibility index (Phi) is 8.23. The summed E-state index contributed by atoms with van der Waals surface area (Å²) in [5.41, 5.74) is 4.86. The molecule has 2 aromatic carbocycles. The Balaban J connectivity index is 1.23. The molecule has 3 aromatic heterocycles. The van der Waals surface area contributed by atoms with Crippen LogP contribution in [0.4, 0.5) is 10.5 Å². The SMILES string of the molecule is COCCCOC(=O)Nc1ccc(-c2nc(Cl)c([C@@H]3CCc4cc(-c5cc(Cl)ccc5-n5cnnn5)cc(=O)n43)[nH]2)cc1. The third kappa shape index (κ3) is 6.03. The zero-order chi connectivity index (χ0) is 29.9. The minimum Gasteiger partial charge on any atom is -0.449 e. The van der Waals surface area contributed by atoms with Crippen LogP contribution >= 0.6 is 23.2 Å². The Morgan fingerprint density at radius 1 is 1.09 bits per heavy atom. The highest BCUT2D eigenvalue weighted by Gasteiger charge is 2.29. The predicted octanol–water partition coefficient (Wildman–Crippen LogP) is 5.31. The van der Waals surface area contributed by atoms with Crippen LogP contribution < -0.4 is 10.9 Å². The Hall–Kier alpha value is -4.52. The van der Waals surface area contributed by atoms with Crippen molar-refractivity contribution in [1.82, 2.24) is 34.7 Å². The lowest BCUT2D eigenvalue weighted by Crippen LogP contribution is -2.23. The smallest absolute Gasteiger partial charge is 0.411 e. The average molecular weight is 621 g/mol. The number of tetrazole rings is 1. The number of aromatic nitrogens is 7. The molecule has 12 nitrogen and oxygen atoms in total. The molecule has 4 heterocycles. The zero-order valence-corrected chi connectivity index (χ0v) is 24.5. The third-order valence-electron chi connectivity index (χ3n) is 7.15. The first-order valence-electron chi connectivity index (χ1n) is 13.5. The van der Waals surface area contributed by atoms with Crippen molar-refractivity contribution in [2.45, 2.75) is 25.3 Å². The van der Waals surface area contributed by atoms with Gasteiger partial charge in [0.25, 0.3) is 5.56 Å². The highest BCUT2D eigenvalue weighted by atomic mass is 35.5. The van der Waals surface area contributed by atoms with Gasteiger partial charge in [-0.15, -0.1) is 5.10 Å². The summed E-state index contributed by atoms with van der Waals surface area (Å²) < 4.78 is 13.4. The molecule has 6 rings (SSSR count). The van der Waals surface area contributed by atoms with Crippen molar-refractivity contribution >= 4 is 35.0 Å². The van der Waals surface area contributed by atoms with Gasteiger partial charge in [0.15, 0.2) is 5.15 Å². The first-order valence-corrected chi connectivity index (χ1v) is 14.2. The summed E-state index contributed by atoms with van der Waals surface area (Å²) in [5, 5.41) is 15.0. The number of carbonyl (C=O) groups is 1. The molecule has 0 radical (unpaired) electrons. The lowest BCUT2D eigenvalue weighted by Gasteiger charge is -2.15. The van der Waals surface area contributed by atoms with Crippen LogP contribution in [-0.2, 0) is 15.9 Å². The van der Waals surface area contributed by atoms with Crippen molar-refractivity contribution in [3.63, 3.8) is 0 Å². The van der Waals surface area contributed by atoms with Crippen LogP contribution in [-0.4, -0.2) is 61.2 Å². The highest BCUT2D eigenvalue weighted by Crippen LogP contribution is 2.37. The van der Waals surface area contributed by atoms with Crippen molar-refractivity contribution in [3.05, 3.63) is 92.8 Å². The number of rotatable bonds is 9. The molecular weight excluding hydrogens is 595 g/mol. The fraction of sp³-hybridized carbons (Fsp3) is 0.241. The van der Waals surface area contributed by atoms with Gasteiger partial charge in [-0.05, 0) is 77.4 Å². The molecule has 5 aromatic rings. The van der Waals surface area contributed by atoms with E-state index in [4.69, 9.17) is 32.7 Å². The number of carbonyl (C=O) groups excluding carboxylic acids is 1. The van der Waals surface area contributed by atoms with Crippen molar-refractivity contribution in [1.29, 1.82) is 0 Å². The maximum atomic E-state index is 13.5. The van der Waals surface area contributed by atoms with E-state index >= 15 is 0 Å². The van der Waals surface area contributed by atoms with Gasteiger partial charge in [-0.25, -0.2) is 9.78 Å². The molecule has 14 heteroatoms. The first kappa shape index (κ1) is 28.6. The summed E-state index contributed by atoms with van der Waals surface area (Å²) in [4.78, 5) is 33.4. The zero-order valence-electron chi connectivity index (χ0n) is 23.0. The number of H-pyrrole nitrogens is 1. The van der Waals surface area contributed by atoms with E-state index in [9.17, 15) is 9.59 Å². The van der Waals surface area contributed by atoms with Gasteiger partial charge in [0, 0.05) is 53.7 Å². The van der Waals surface area contributed by atoms with Crippen LogP contribution in [0.2, 0.25) is 10.2 Å². The fourth-order valence-electron chi connectivity index (χ4n) is 5.19. The first-order chi connectivity index (χ1) is 20.9. The second-order valence-corrected chi connectivity index (χ2v) is 10.7. The summed E-state index contributed by atoms with van der Waals surface area (Å²) in [6, 6.07) is 15.7. The van der Waals surface area contributed by atoms with Gasteiger partial charge in [0.1, 0.15) is 12.2 Å². The van der Waals surface area contributed by atoms with E-state index in [-0.39, 0.29) is 18.2 Å². The molecule has 0 saturated carbocycles. The van der Waals surface area contributed by atoms with Gasteiger partial charge in [0.2, 0.25) is 0 Å². The number of aromatic amines is 1. The molecule has 0 bridgehead atoms. The molecule has 1 amide bonds. The van der Waals surface area contributed by atoms with E-state index in [0.717, 1.165) is 16.8 Å². The molecule has 1 atom stereocenters. The topological polar surface area (TPSA) is 142 Å². The van der Waals surface area contributed by atoms with E-state index in [0.29, 0.717) is 64.5 Å². The predicted molar refractivity (Wildman–Crippen MR) is 161 cm³/mol. The molecule has 0 unspecified atom stereocenters. The largest absolute Gasteiger partial charge is 0.449 e. The summed E-state index contributed by atoms with van der Waals surface area (Å²) in [5.74, 6) is 0.553. The number of halogens is 2. The quantitative estimate of drug-likeness (QED) is 0.211. The number of pyridine rings is 1. The van der Waals surface area contributed by atoms with Crippen molar-refractivity contribution in [3.8, 4) is 28.2 Å². The van der Waals surface area contributed by atoms with Gasteiger partial charge in [0.05, 0.1) is 24.0 Å². The van der Waals surface area contributed by atoms with E-state index in [1.807, 2.05) is 24.3 Å². The molecule has 0 aliphatic carbocycles. The molecule has 1 aliphatic heterocycles. The molecule has 0 spiro atoms. The number of methoxy groups -OCH3 is 1. The van der Waals surface area contributed by atoms with E-state index in [1.165, 1.54) is 11.0 Å². The highest BCUT2D eigenvalue weighted by molar-refractivity contribution is 6.31. The van der Waals surface area contributed by atoms with E-state index in [2.05, 4.69) is 30.8 Å². The number of amides is 1. The van der Waals surface area contributed by atoms with Gasteiger partial charge in [-0.1, -0.05) is 23.2 Å².